The Bertz CT molecular complexity index is 246. The van der Waals surface area contributed by atoms with Crippen LogP contribution >= 0.6 is 0 Å². The number of ether oxygens (including phenoxy) is 1. The monoisotopic (exact) mass is 299 g/mol. The molecule has 0 aromatic rings. The van der Waals surface area contributed by atoms with Crippen molar-refractivity contribution in [2.24, 2.45) is 5.73 Å². The van der Waals surface area contributed by atoms with E-state index in [0.29, 0.717) is 6.42 Å². The first kappa shape index (κ1) is 20.4. The quantitative estimate of drug-likeness (QED) is 0.386. The molecule has 0 spiro atoms. The van der Waals surface area contributed by atoms with E-state index in [-0.39, 0.29) is 11.6 Å². The lowest BCUT2D eigenvalue weighted by atomic mass is 10.1. The molecule has 2 N–H and O–H groups in total. The Morgan fingerprint density at radius 1 is 0.762 bits per heavy atom. The van der Waals surface area contributed by atoms with Gasteiger partial charge in [-0.05, 0) is 40.2 Å². The van der Waals surface area contributed by atoms with Gasteiger partial charge >= 0.3 is 5.97 Å². The highest BCUT2D eigenvalue weighted by molar-refractivity contribution is 5.69. The van der Waals surface area contributed by atoms with Gasteiger partial charge in [0.25, 0.3) is 0 Å². The van der Waals surface area contributed by atoms with Gasteiger partial charge in [0.05, 0.1) is 0 Å². The molecule has 0 aliphatic heterocycles. The van der Waals surface area contributed by atoms with Crippen molar-refractivity contribution in [2.75, 3.05) is 6.54 Å². The van der Waals surface area contributed by atoms with Crippen molar-refractivity contribution in [3.63, 3.8) is 0 Å². The highest BCUT2D eigenvalue weighted by Gasteiger charge is 2.15. The molecule has 0 saturated heterocycles. The SMILES string of the molecule is CC(C)(C)OC(=O)CCCCCCCCCCCCCN. The van der Waals surface area contributed by atoms with Crippen molar-refractivity contribution in [3.8, 4) is 0 Å². The Labute approximate surface area is 132 Å². The molecule has 0 saturated carbocycles. The van der Waals surface area contributed by atoms with Crippen LogP contribution in [0.3, 0.4) is 0 Å². The molecule has 0 aliphatic carbocycles. The van der Waals surface area contributed by atoms with Crippen LogP contribution in [-0.2, 0) is 9.53 Å². The third-order valence-corrected chi connectivity index (χ3v) is 3.51. The molecule has 0 unspecified atom stereocenters. The average molecular weight is 299 g/mol. The van der Waals surface area contributed by atoms with Crippen LogP contribution in [-0.4, -0.2) is 18.1 Å². The van der Waals surface area contributed by atoms with Crippen molar-refractivity contribution in [2.45, 2.75) is 103 Å². The largest absolute Gasteiger partial charge is 0.460 e. The van der Waals surface area contributed by atoms with Gasteiger partial charge in [0.1, 0.15) is 5.60 Å². The molecule has 0 rings (SSSR count). The number of unbranched alkanes of at least 4 members (excludes halogenated alkanes) is 10. The van der Waals surface area contributed by atoms with Crippen LogP contribution in [0.2, 0.25) is 0 Å². The topological polar surface area (TPSA) is 52.3 Å². The molecule has 21 heavy (non-hydrogen) atoms. The van der Waals surface area contributed by atoms with E-state index in [0.717, 1.165) is 19.4 Å². The van der Waals surface area contributed by atoms with Crippen LogP contribution in [0.5, 0.6) is 0 Å². The molecule has 0 fully saturated rings. The zero-order valence-corrected chi connectivity index (χ0v) is 14.6. The fraction of sp³-hybridized carbons (Fsp3) is 0.944. The summed E-state index contributed by atoms with van der Waals surface area (Å²) in [4.78, 5) is 11.5. The molecule has 0 aromatic carbocycles. The van der Waals surface area contributed by atoms with Gasteiger partial charge in [0, 0.05) is 6.42 Å². The second kappa shape index (κ2) is 13.1. The van der Waals surface area contributed by atoms with Crippen molar-refractivity contribution in [3.05, 3.63) is 0 Å². The van der Waals surface area contributed by atoms with Gasteiger partial charge in [0.2, 0.25) is 0 Å². The summed E-state index contributed by atoms with van der Waals surface area (Å²) in [6.45, 7) is 6.59. The third kappa shape index (κ3) is 17.4. The summed E-state index contributed by atoms with van der Waals surface area (Å²) in [7, 11) is 0. The van der Waals surface area contributed by atoms with E-state index in [1.165, 1.54) is 57.8 Å². The van der Waals surface area contributed by atoms with Gasteiger partial charge in [-0.2, -0.15) is 0 Å². The number of nitrogens with two attached hydrogens (primary N) is 1. The Hall–Kier alpha value is -0.570. The maximum Gasteiger partial charge on any atom is 0.306 e. The summed E-state index contributed by atoms with van der Waals surface area (Å²) in [5, 5.41) is 0. The molecule has 0 aromatic heterocycles. The first-order chi connectivity index (χ1) is 9.95. The number of hydrogen-bond donors (Lipinski definition) is 1. The first-order valence-corrected chi connectivity index (χ1v) is 8.87. The smallest absolute Gasteiger partial charge is 0.306 e. The van der Waals surface area contributed by atoms with Crippen LogP contribution in [0.4, 0.5) is 0 Å². The van der Waals surface area contributed by atoms with Gasteiger partial charge in [-0.25, -0.2) is 0 Å². The summed E-state index contributed by atoms with van der Waals surface area (Å²) >= 11 is 0. The molecule has 3 heteroatoms. The maximum atomic E-state index is 11.5. The minimum Gasteiger partial charge on any atom is -0.460 e. The first-order valence-electron chi connectivity index (χ1n) is 8.87. The molecule has 0 bridgehead atoms. The molecule has 3 nitrogen and oxygen atoms in total. The van der Waals surface area contributed by atoms with Gasteiger partial charge < -0.3 is 10.5 Å². The second-order valence-corrected chi connectivity index (χ2v) is 7.01. The van der Waals surface area contributed by atoms with Gasteiger partial charge in [-0.3, -0.25) is 4.79 Å². The van der Waals surface area contributed by atoms with Crippen LogP contribution in [0.1, 0.15) is 97.8 Å². The molecule has 0 atom stereocenters. The normalized spacial score (nSPS) is 11.6. The maximum absolute atomic E-state index is 11.5. The van der Waals surface area contributed by atoms with Gasteiger partial charge in [0.15, 0.2) is 0 Å². The minimum absolute atomic E-state index is 0.0556. The highest BCUT2D eigenvalue weighted by Crippen LogP contribution is 2.13. The Kier molecular flexibility index (Phi) is 12.8. The molecular weight excluding hydrogens is 262 g/mol. The molecule has 0 radical (unpaired) electrons. The molecular formula is C18H37NO2. The fourth-order valence-electron chi connectivity index (χ4n) is 2.40. The Balaban J connectivity index is 3.17. The average Bonchev–Trinajstić information content (AvgIpc) is 2.38. The number of hydrogen-bond acceptors (Lipinski definition) is 3. The predicted molar refractivity (Wildman–Crippen MR) is 90.3 cm³/mol. The minimum atomic E-state index is -0.346. The summed E-state index contributed by atoms with van der Waals surface area (Å²) in [5.41, 5.74) is 5.12. The van der Waals surface area contributed by atoms with Crippen molar-refractivity contribution < 1.29 is 9.53 Å². The fourth-order valence-corrected chi connectivity index (χ4v) is 2.40. The zero-order chi connectivity index (χ0) is 16.0. The molecule has 0 amide bonds. The zero-order valence-electron chi connectivity index (χ0n) is 14.6. The lowest BCUT2D eigenvalue weighted by molar-refractivity contribution is -0.154. The second-order valence-electron chi connectivity index (χ2n) is 7.01. The van der Waals surface area contributed by atoms with Crippen molar-refractivity contribution in [1.82, 2.24) is 0 Å². The lowest BCUT2D eigenvalue weighted by Crippen LogP contribution is -2.23. The molecule has 0 heterocycles. The van der Waals surface area contributed by atoms with Crippen LogP contribution in [0.25, 0.3) is 0 Å². The number of esters is 1. The number of carbonyl (C=O) groups excluding carboxylic acids is 1. The van der Waals surface area contributed by atoms with Crippen LogP contribution < -0.4 is 5.73 Å². The van der Waals surface area contributed by atoms with Crippen molar-refractivity contribution >= 4 is 5.97 Å². The number of carbonyl (C=O) groups is 1. The van der Waals surface area contributed by atoms with E-state index in [1.54, 1.807) is 0 Å². The van der Waals surface area contributed by atoms with Crippen LogP contribution in [0.15, 0.2) is 0 Å². The van der Waals surface area contributed by atoms with Gasteiger partial charge in [-0.15, -0.1) is 0 Å². The summed E-state index contributed by atoms with van der Waals surface area (Å²) < 4.78 is 5.29. The standard InChI is InChI=1S/C18H37NO2/c1-18(2,3)21-17(20)15-13-11-9-7-5-4-6-8-10-12-14-16-19/h4-16,19H2,1-3H3. The number of rotatable bonds is 13. The van der Waals surface area contributed by atoms with Gasteiger partial charge in [-0.1, -0.05) is 57.8 Å². The van der Waals surface area contributed by atoms with Crippen LogP contribution in [0, 0.1) is 0 Å². The summed E-state index contributed by atoms with van der Waals surface area (Å²) in [6.07, 6.45) is 14.5. The Morgan fingerprint density at radius 2 is 1.14 bits per heavy atom. The summed E-state index contributed by atoms with van der Waals surface area (Å²) in [5.74, 6) is -0.0556. The van der Waals surface area contributed by atoms with E-state index in [4.69, 9.17) is 10.5 Å². The predicted octanol–water partition coefficient (Wildman–Crippen LogP) is 4.97. The Morgan fingerprint density at radius 3 is 1.52 bits per heavy atom. The van der Waals surface area contributed by atoms with Crippen molar-refractivity contribution in [1.29, 1.82) is 0 Å². The van der Waals surface area contributed by atoms with E-state index in [9.17, 15) is 4.79 Å². The van der Waals surface area contributed by atoms with E-state index < -0.39 is 0 Å². The lowest BCUT2D eigenvalue weighted by Gasteiger charge is -2.19. The third-order valence-electron chi connectivity index (χ3n) is 3.51. The summed E-state index contributed by atoms with van der Waals surface area (Å²) in [6, 6.07) is 0. The highest BCUT2D eigenvalue weighted by atomic mass is 16.6. The van der Waals surface area contributed by atoms with E-state index >= 15 is 0 Å². The van der Waals surface area contributed by atoms with E-state index in [1.807, 2.05) is 20.8 Å². The molecule has 126 valence electrons. The molecule has 0 aliphatic rings. The van der Waals surface area contributed by atoms with E-state index in [2.05, 4.69) is 0 Å².